The van der Waals surface area contributed by atoms with Gasteiger partial charge < -0.3 is 14.8 Å². The second-order valence-corrected chi connectivity index (χ2v) is 7.20. The molecule has 3 rings (SSSR count). The van der Waals surface area contributed by atoms with Crippen LogP contribution in [0.2, 0.25) is 5.02 Å². The van der Waals surface area contributed by atoms with Gasteiger partial charge in [-0.3, -0.25) is 0 Å². The van der Waals surface area contributed by atoms with Gasteiger partial charge in [-0.25, -0.2) is 0 Å². The Balaban J connectivity index is 1.65. The summed E-state index contributed by atoms with van der Waals surface area (Å²) >= 11 is 6.19. The number of rotatable bonds is 6. The molecule has 1 aliphatic rings. The fraction of sp³-hybridized carbons (Fsp3) is 0.579. The van der Waals surface area contributed by atoms with Crippen LogP contribution in [0.4, 0.5) is 0 Å². The molecule has 1 N–H and O–H groups in total. The Morgan fingerprint density at radius 1 is 1.30 bits per heavy atom. The highest BCUT2D eigenvalue weighted by Crippen LogP contribution is 2.25. The van der Waals surface area contributed by atoms with Gasteiger partial charge in [0.1, 0.15) is 0 Å². The number of halogens is 1. The van der Waals surface area contributed by atoms with Crippen molar-refractivity contribution in [3.05, 3.63) is 35.0 Å². The van der Waals surface area contributed by atoms with E-state index in [9.17, 15) is 0 Å². The maximum absolute atomic E-state index is 6.19. The van der Waals surface area contributed by atoms with Gasteiger partial charge in [0.15, 0.2) is 0 Å². The molecule has 1 aromatic heterocycles. The van der Waals surface area contributed by atoms with Gasteiger partial charge in [-0.05, 0) is 68.6 Å². The topological polar surface area (TPSA) is 20.2 Å². The summed E-state index contributed by atoms with van der Waals surface area (Å²) < 4.78 is 2.21. The summed E-state index contributed by atoms with van der Waals surface area (Å²) in [5.41, 5.74) is 2.68. The zero-order valence-electron chi connectivity index (χ0n) is 14.3. The molecule has 0 bridgehead atoms. The zero-order chi connectivity index (χ0) is 16.2. The van der Waals surface area contributed by atoms with Crippen molar-refractivity contribution in [2.45, 2.75) is 26.2 Å². The standard InChI is InChI=1S/C19H28ClN3/c1-3-23(13-15-6-9-21-10-7-15)11-8-16-14-22(2)19-5-4-17(20)12-18(16)19/h4-5,12,14-15,21H,3,6-11,13H2,1-2H3. The molecule has 0 saturated carbocycles. The number of likely N-dealkylation sites (N-methyl/N-ethyl adjacent to an activating group) is 1. The largest absolute Gasteiger partial charge is 0.350 e. The van der Waals surface area contributed by atoms with Gasteiger partial charge in [-0.1, -0.05) is 18.5 Å². The lowest BCUT2D eigenvalue weighted by Crippen LogP contribution is -2.37. The van der Waals surface area contributed by atoms with Gasteiger partial charge in [0, 0.05) is 42.3 Å². The monoisotopic (exact) mass is 333 g/mol. The number of benzene rings is 1. The first-order valence-corrected chi connectivity index (χ1v) is 9.21. The van der Waals surface area contributed by atoms with Crippen LogP contribution in [0.25, 0.3) is 10.9 Å². The molecule has 0 amide bonds. The Morgan fingerprint density at radius 3 is 2.83 bits per heavy atom. The van der Waals surface area contributed by atoms with E-state index in [0.29, 0.717) is 0 Å². The molecule has 1 saturated heterocycles. The Hall–Kier alpha value is -1.03. The fourth-order valence-corrected chi connectivity index (χ4v) is 3.90. The molecule has 1 fully saturated rings. The maximum Gasteiger partial charge on any atom is 0.0481 e. The first-order valence-electron chi connectivity index (χ1n) is 8.84. The molecule has 1 aromatic carbocycles. The van der Waals surface area contributed by atoms with Gasteiger partial charge in [-0.2, -0.15) is 0 Å². The van der Waals surface area contributed by atoms with Crippen molar-refractivity contribution in [3.63, 3.8) is 0 Å². The van der Waals surface area contributed by atoms with E-state index in [-0.39, 0.29) is 0 Å². The van der Waals surface area contributed by atoms with E-state index in [1.165, 1.54) is 48.9 Å². The quantitative estimate of drug-likeness (QED) is 0.870. The van der Waals surface area contributed by atoms with E-state index < -0.39 is 0 Å². The van der Waals surface area contributed by atoms with E-state index in [1.807, 2.05) is 6.07 Å². The molecule has 0 radical (unpaired) electrons. The van der Waals surface area contributed by atoms with Gasteiger partial charge in [0.05, 0.1) is 0 Å². The zero-order valence-corrected chi connectivity index (χ0v) is 15.1. The molecule has 0 spiro atoms. The summed E-state index contributed by atoms with van der Waals surface area (Å²) in [7, 11) is 2.12. The second-order valence-electron chi connectivity index (χ2n) is 6.76. The molecule has 0 unspecified atom stereocenters. The third-order valence-corrected chi connectivity index (χ3v) is 5.39. The third-order valence-electron chi connectivity index (χ3n) is 5.15. The minimum Gasteiger partial charge on any atom is -0.350 e. The average molecular weight is 334 g/mol. The predicted molar refractivity (Wildman–Crippen MR) is 99.3 cm³/mol. The predicted octanol–water partition coefficient (Wildman–Crippen LogP) is 3.70. The van der Waals surface area contributed by atoms with Crippen LogP contribution in [-0.4, -0.2) is 42.2 Å². The fourth-order valence-electron chi connectivity index (χ4n) is 3.73. The smallest absolute Gasteiger partial charge is 0.0481 e. The summed E-state index contributed by atoms with van der Waals surface area (Å²) in [6.07, 6.45) is 6.00. The molecule has 3 nitrogen and oxygen atoms in total. The van der Waals surface area contributed by atoms with E-state index in [0.717, 1.165) is 30.5 Å². The summed E-state index contributed by atoms with van der Waals surface area (Å²) in [6.45, 7) is 8.15. The first-order chi connectivity index (χ1) is 11.2. The molecule has 23 heavy (non-hydrogen) atoms. The number of nitrogens with zero attached hydrogens (tertiary/aromatic N) is 2. The number of hydrogen-bond acceptors (Lipinski definition) is 2. The average Bonchev–Trinajstić information content (AvgIpc) is 2.88. The van der Waals surface area contributed by atoms with Crippen LogP contribution in [-0.2, 0) is 13.5 Å². The molecule has 0 aliphatic carbocycles. The van der Waals surface area contributed by atoms with Crippen LogP contribution in [0.1, 0.15) is 25.3 Å². The Labute approximate surface area is 144 Å². The first kappa shape index (κ1) is 16.8. The van der Waals surface area contributed by atoms with Crippen LogP contribution < -0.4 is 5.32 Å². The Bertz CT molecular complexity index is 643. The third kappa shape index (κ3) is 4.09. The molecular weight excluding hydrogens is 306 g/mol. The highest BCUT2D eigenvalue weighted by Gasteiger charge is 2.16. The lowest BCUT2D eigenvalue weighted by Gasteiger charge is -2.29. The van der Waals surface area contributed by atoms with Crippen molar-refractivity contribution >= 4 is 22.5 Å². The normalized spacial score (nSPS) is 16.5. The molecular formula is C19H28ClN3. The second kappa shape index (κ2) is 7.69. The van der Waals surface area contributed by atoms with E-state index in [2.05, 4.69) is 47.1 Å². The summed E-state index contributed by atoms with van der Waals surface area (Å²) in [6, 6.07) is 6.20. The van der Waals surface area contributed by atoms with Crippen molar-refractivity contribution in [1.82, 2.24) is 14.8 Å². The van der Waals surface area contributed by atoms with Gasteiger partial charge in [0.25, 0.3) is 0 Å². The molecule has 2 heterocycles. The lowest BCUT2D eigenvalue weighted by molar-refractivity contribution is 0.216. The Morgan fingerprint density at radius 2 is 2.09 bits per heavy atom. The molecule has 2 aromatic rings. The maximum atomic E-state index is 6.19. The van der Waals surface area contributed by atoms with E-state index in [4.69, 9.17) is 11.6 Å². The molecule has 4 heteroatoms. The highest BCUT2D eigenvalue weighted by molar-refractivity contribution is 6.31. The number of hydrogen-bond donors (Lipinski definition) is 1. The molecule has 1 aliphatic heterocycles. The molecule has 0 atom stereocenters. The highest BCUT2D eigenvalue weighted by atomic mass is 35.5. The van der Waals surface area contributed by atoms with Crippen molar-refractivity contribution in [2.75, 3.05) is 32.7 Å². The number of aromatic nitrogens is 1. The van der Waals surface area contributed by atoms with E-state index in [1.54, 1.807) is 0 Å². The van der Waals surface area contributed by atoms with Gasteiger partial charge >= 0.3 is 0 Å². The summed E-state index contributed by atoms with van der Waals surface area (Å²) in [5.74, 6) is 0.859. The van der Waals surface area contributed by atoms with E-state index >= 15 is 0 Å². The summed E-state index contributed by atoms with van der Waals surface area (Å²) in [5, 5.41) is 5.59. The number of fused-ring (bicyclic) bond motifs is 1. The van der Waals surface area contributed by atoms with Crippen LogP contribution in [0.3, 0.4) is 0 Å². The van der Waals surface area contributed by atoms with Gasteiger partial charge in [-0.15, -0.1) is 0 Å². The van der Waals surface area contributed by atoms with Crippen LogP contribution >= 0.6 is 11.6 Å². The van der Waals surface area contributed by atoms with Crippen molar-refractivity contribution in [3.8, 4) is 0 Å². The number of nitrogens with one attached hydrogen (secondary N) is 1. The SMILES string of the molecule is CCN(CCc1cn(C)c2ccc(Cl)cc12)CC1CCNCC1. The van der Waals surface area contributed by atoms with Crippen molar-refractivity contribution in [1.29, 1.82) is 0 Å². The number of piperidine rings is 1. The molecule has 126 valence electrons. The van der Waals surface area contributed by atoms with Gasteiger partial charge in [0.2, 0.25) is 0 Å². The van der Waals surface area contributed by atoms with Crippen LogP contribution in [0.5, 0.6) is 0 Å². The minimum atomic E-state index is 0.826. The van der Waals surface area contributed by atoms with Crippen LogP contribution in [0.15, 0.2) is 24.4 Å². The number of aryl methyl sites for hydroxylation is 1. The minimum absolute atomic E-state index is 0.826. The van der Waals surface area contributed by atoms with Crippen molar-refractivity contribution < 1.29 is 0 Å². The van der Waals surface area contributed by atoms with Crippen LogP contribution in [0, 0.1) is 5.92 Å². The van der Waals surface area contributed by atoms with Crippen molar-refractivity contribution in [2.24, 2.45) is 13.0 Å². The lowest BCUT2D eigenvalue weighted by atomic mass is 9.97. The Kier molecular flexibility index (Phi) is 5.62. The summed E-state index contributed by atoms with van der Waals surface area (Å²) in [4.78, 5) is 2.61.